The zero-order valence-electron chi connectivity index (χ0n) is 8.00. The van der Waals surface area contributed by atoms with Crippen molar-refractivity contribution >= 4 is 5.97 Å². The molecule has 0 saturated carbocycles. The highest BCUT2D eigenvalue weighted by atomic mass is 19.4. The maximum absolute atomic E-state index is 12.4. The Hall–Kier alpha value is -1.60. The number of rotatable bonds is 2. The maximum Gasteiger partial charge on any atom is 0.435 e. The van der Waals surface area contributed by atoms with Crippen LogP contribution in [0.2, 0.25) is 0 Å². The van der Waals surface area contributed by atoms with Gasteiger partial charge in [-0.2, -0.15) is 13.2 Å². The van der Waals surface area contributed by atoms with Crippen LogP contribution in [0.4, 0.5) is 13.2 Å². The number of hydrogen-bond donors (Lipinski definition) is 0. The summed E-state index contributed by atoms with van der Waals surface area (Å²) in [5, 5.41) is 6.25. The van der Waals surface area contributed by atoms with Crippen molar-refractivity contribution in [1.82, 2.24) is 15.0 Å². The Morgan fingerprint density at radius 3 is 2.60 bits per heavy atom. The van der Waals surface area contributed by atoms with Gasteiger partial charge in [-0.25, -0.2) is 9.48 Å². The number of hydrogen-bond acceptors (Lipinski definition) is 4. The van der Waals surface area contributed by atoms with Crippen LogP contribution in [-0.2, 0) is 18.0 Å². The highest BCUT2D eigenvalue weighted by molar-refractivity contribution is 5.88. The van der Waals surface area contributed by atoms with Gasteiger partial charge in [0.2, 0.25) is 5.69 Å². The van der Waals surface area contributed by atoms with Gasteiger partial charge in [-0.1, -0.05) is 5.21 Å². The standard InChI is InChI=1S/C7H8F3N3O2/c1-3-15-6(14)4-5(7(8,9)10)13(2)12-11-4/h3H2,1-2H3. The number of ether oxygens (including phenoxy) is 1. The predicted octanol–water partition coefficient (Wildman–Crippen LogP) is 1.01. The molecule has 0 bridgehead atoms. The number of halogens is 3. The fourth-order valence-electron chi connectivity index (χ4n) is 1.01. The smallest absolute Gasteiger partial charge is 0.435 e. The van der Waals surface area contributed by atoms with Gasteiger partial charge in [0.05, 0.1) is 6.61 Å². The summed E-state index contributed by atoms with van der Waals surface area (Å²) < 4.78 is 42.2. The van der Waals surface area contributed by atoms with Gasteiger partial charge >= 0.3 is 12.1 Å². The van der Waals surface area contributed by atoms with Crippen molar-refractivity contribution in [2.24, 2.45) is 7.05 Å². The number of nitrogens with zero attached hydrogens (tertiary/aromatic N) is 3. The summed E-state index contributed by atoms with van der Waals surface area (Å²) >= 11 is 0. The van der Waals surface area contributed by atoms with E-state index in [4.69, 9.17) is 0 Å². The topological polar surface area (TPSA) is 57.0 Å². The lowest BCUT2D eigenvalue weighted by molar-refractivity contribution is -0.144. The highest BCUT2D eigenvalue weighted by Gasteiger charge is 2.41. The van der Waals surface area contributed by atoms with Gasteiger partial charge < -0.3 is 4.74 Å². The second kappa shape index (κ2) is 3.87. The molecule has 0 fully saturated rings. The zero-order chi connectivity index (χ0) is 11.6. The second-order valence-electron chi connectivity index (χ2n) is 2.63. The molecule has 1 aromatic rings. The van der Waals surface area contributed by atoms with Gasteiger partial charge in [-0.05, 0) is 6.92 Å². The second-order valence-corrected chi connectivity index (χ2v) is 2.63. The van der Waals surface area contributed by atoms with Gasteiger partial charge in [0.1, 0.15) is 0 Å². The van der Waals surface area contributed by atoms with Crippen molar-refractivity contribution in [2.45, 2.75) is 13.1 Å². The minimum absolute atomic E-state index is 0.0211. The zero-order valence-corrected chi connectivity index (χ0v) is 8.00. The molecule has 5 nitrogen and oxygen atoms in total. The predicted molar refractivity (Wildman–Crippen MR) is 42.0 cm³/mol. The third kappa shape index (κ3) is 2.25. The molecular formula is C7H8F3N3O2. The van der Waals surface area contributed by atoms with E-state index in [9.17, 15) is 18.0 Å². The molecule has 1 heterocycles. The summed E-state index contributed by atoms with van der Waals surface area (Å²) in [4.78, 5) is 11.1. The number of carbonyl (C=O) groups is 1. The fraction of sp³-hybridized carbons (Fsp3) is 0.571. The SMILES string of the molecule is CCOC(=O)c1nnn(C)c1C(F)(F)F. The monoisotopic (exact) mass is 223 g/mol. The summed E-state index contributed by atoms with van der Waals surface area (Å²) in [5.41, 5.74) is -2.02. The molecule has 15 heavy (non-hydrogen) atoms. The van der Waals surface area contributed by atoms with Gasteiger partial charge in [0.25, 0.3) is 0 Å². The fourth-order valence-corrected chi connectivity index (χ4v) is 1.01. The van der Waals surface area contributed by atoms with Crippen LogP contribution in [0.15, 0.2) is 0 Å². The van der Waals surface area contributed by atoms with Crippen LogP contribution in [-0.4, -0.2) is 27.6 Å². The lowest BCUT2D eigenvalue weighted by Gasteiger charge is -2.07. The minimum Gasteiger partial charge on any atom is -0.461 e. The average Bonchev–Trinajstić information content (AvgIpc) is 2.46. The summed E-state index contributed by atoms with van der Waals surface area (Å²) in [6, 6.07) is 0. The lowest BCUT2D eigenvalue weighted by atomic mass is 10.3. The number of aromatic nitrogens is 3. The highest BCUT2D eigenvalue weighted by Crippen LogP contribution is 2.30. The molecule has 1 rings (SSSR count). The first-order chi connectivity index (χ1) is 6.88. The van der Waals surface area contributed by atoms with Crippen LogP contribution in [0.25, 0.3) is 0 Å². The van der Waals surface area contributed by atoms with E-state index in [0.717, 1.165) is 7.05 Å². The average molecular weight is 223 g/mol. The van der Waals surface area contributed by atoms with Crippen LogP contribution >= 0.6 is 0 Å². The summed E-state index contributed by atoms with van der Waals surface area (Å²) in [5.74, 6) is -1.13. The molecule has 0 unspecified atom stereocenters. The molecule has 84 valence electrons. The Morgan fingerprint density at radius 1 is 1.53 bits per heavy atom. The molecule has 1 aromatic heterocycles. The van der Waals surface area contributed by atoms with E-state index in [2.05, 4.69) is 15.0 Å². The maximum atomic E-state index is 12.4. The Morgan fingerprint density at radius 2 is 2.13 bits per heavy atom. The van der Waals surface area contributed by atoms with E-state index >= 15 is 0 Å². The van der Waals surface area contributed by atoms with Gasteiger partial charge in [-0.3, -0.25) is 0 Å². The van der Waals surface area contributed by atoms with Crippen LogP contribution in [0, 0.1) is 0 Å². The van der Waals surface area contributed by atoms with Crippen molar-refractivity contribution in [3.8, 4) is 0 Å². The molecule has 0 aliphatic carbocycles. The molecule has 0 aliphatic rings. The first-order valence-electron chi connectivity index (χ1n) is 4.02. The van der Waals surface area contributed by atoms with Crippen LogP contribution in [0.3, 0.4) is 0 Å². The van der Waals surface area contributed by atoms with Crippen molar-refractivity contribution in [3.05, 3.63) is 11.4 Å². The van der Waals surface area contributed by atoms with Gasteiger partial charge in [-0.15, -0.1) is 5.10 Å². The van der Waals surface area contributed by atoms with E-state index in [-0.39, 0.29) is 6.61 Å². The van der Waals surface area contributed by atoms with Gasteiger partial charge in [0, 0.05) is 7.05 Å². The van der Waals surface area contributed by atoms with E-state index < -0.39 is 23.5 Å². The Bertz CT molecular complexity index is 372. The first-order valence-corrected chi connectivity index (χ1v) is 4.02. The molecule has 0 saturated heterocycles. The van der Waals surface area contributed by atoms with E-state index in [1.54, 1.807) is 0 Å². The molecule has 0 N–H and O–H groups in total. The molecule has 0 atom stereocenters. The largest absolute Gasteiger partial charge is 0.461 e. The Labute approximate surface area is 82.8 Å². The number of carbonyl (C=O) groups excluding carboxylic acids is 1. The Balaban J connectivity index is 3.15. The van der Waals surface area contributed by atoms with Crippen molar-refractivity contribution in [1.29, 1.82) is 0 Å². The Kier molecular flexibility index (Phi) is 2.96. The summed E-state index contributed by atoms with van der Waals surface area (Å²) in [6.07, 6.45) is -4.68. The van der Waals surface area contributed by atoms with Crippen molar-refractivity contribution < 1.29 is 22.7 Å². The number of esters is 1. The molecule has 0 amide bonds. The molecule has 8 heteroatoms. The minimum atomic E-state index is -4.68. The third-order valence-electron chi connectivity index (χ3n) is 1.56. The van der Waals surface area contributed by atoms with Crippen LogP contribution in [0.1, 0.15) is 23.1 Å². The molecule has 0 aromatic carbocycles. The lowest BCUT2D eigenvalue weighted by Crippen LogP contribution is -2.18. The number of aryl methyl sites for hydroxylation is 1. The van der Waals surface area contributed by atoms with E-state index in [1.165, 1.54) is 6.92 Å². The third-order valence-corrected chi connectivity index (χ3v) is 1.56. The van der Waals surface area contributed by atoms with Gasteiger partial charge in [0.15, 0.2) is 5.69 Å². The molecule has 0 aliphatic heterocycles. The quantitative estimate of drug-likeness (QED) is 0.702. The number of alkyl halides is 3. The summed E-state index contributed by atoms with van der Waals surface area (Å²) in [6.45, 7) is 1.47. The molecule has 0 spiro atoms. The van der Waals surface area contributed by atoms with E-state index in [0.29, 0.717) is 4.68 Å². The molecular weight excluding hydrogens is 215 g/mol. The van der Waals surface area contributed by atoms with Crippen LogP contribution in [0.5, 0.6) is 0 Å². The molecule has 0 radical (unpaired) electrons. The first kappa shape index (κ1) is 11.5. The van der Waals surface area contributed by atoms with E-state index in [1.807, 2.05) is 0 Å². The van der Waals surface area contributed by atoms with Crippen molar-refractivity contribution in [3.63, 3.8) is 0 Å². The van der Waals surface area contributed by atoms with Crippen LogP contribution < -0.4 is 0 Å². The normalized spacial score (nSPS) is 11.5. The van der Waals surface area contributed by atoms with Crippen molar-refractivity contribution in [2.75, 3.05) is 6.61 Å². The summed E-state index contributed by atoms with van der Waals surface area (Å²) in [7, 11) is 1.05.